The monoisotopic (exact) mass is 527 g/mol. The Morgan fingerprint density at radius 1 is 1.05 bits per heavy atom. The highest BCUT2D eigenvalue weighted by molar-refractivity contribution is 5.90. The molecule has 1 saturated heterocycles. The van der Waals surface area contributed by atoms with Crippen molar-refractivity contribution < 1.29 is 23.8 Å². The molecule has 1 aliphatic heterocycles. The van der Waals surface area contributed by atoms with E-state index in [2.05, 4.69) is 23.8 Å². The molecule has 0 spiro atoms. The molecule has 1 aliphatic rings. The lowest BCUT2D eigenvalue weighted by molar-refractivity contribution is -0.00464. The number of esters is 1. The van der Waals surface area contributed by atoms with Gasteiger partial charge in [-0.1, -0.05) is 44.2 Å². The molecule has 0 bridgehead atoms. The van der Waals surface area contributed by atoms with Crippen molar-refractivity contribution in [2.45, 2.75) is 86.0 Å². The molecule has 0 aliphatic carbocycles. The van der Waals surface area contributed by atoms with Gasteiger partial charge in [0.15, 0.2) is 5.69 Å². The van der Waals surface area contributed by atoms with Gasteiger partial charge in [-0.2, -0.15) is 0 Å². The molecule has 0 saturated carbocycles. The topological polar surface area (TPSA) is 111 Å². The Bertz CT molecular complexity index is 1190. The fourth-order valence-electron chi connectivity index (χ4n) is 4.43. The van der Waals surface area contributed by atoms with E-state index in [1.807, 2.05) is 51.1 Å². The maximum Gasteiger partial charge on any atom is 0.410 e. The van der Waals surface area contributed by atoms with Gasteiger partial charge in [0.05, 0.1) is 0 Å². The Morgan fingerprint density at radius 2 is 1.68 bits per heavy atom. The van der Waals surface area contributed by atoms with Gasteiger partial charge in [0.25, 0.3) is 5.56 Å². The van der Waals surface area contributed by atoms with Crippen LogP contribution in [0.4, 0.5) is 4.79 Å². The lowest BCUT2D eigenvalue weighted by Crippen LogP contribution is -2.50. The number of ether oxygens (including phenoxy) is 3. The molecule has 3 rings (SSSR count). The molecule has 1 atom stereocenters. The molecule has 1 aromatic heterocycles. The molecule has 0 radical (unpaired) electrons. The van der Waals surface area contributed by atoms with Gasteiger partial charge >= 0.3 is 12.1 Å². The normalized spacial score (nSPS) is 17.6. The van der Waals surface area contributed by atoms with Gasteiger partial charge in [-0.05, 0) is 64.9 Å². The van der Waals surface area contributed by atoms with Crippen molar-refractivity contribution in [2.24, 2.45) is 11.3 Å². The molecular weight excluding hydrogens is 486 g/mol. The van der Waals surface area contributed by atoms with Gasteiger partial charge in [0.2, 0.25) is 5.75 Å². The second kappa shape index (κ2) is 11.2. The first kappa shape index (κ1) is 29.2. The largest absolute Gasteiger partial charge is 0.481 e. The smallest absolute Gasteiger partial charge is 0.410 e. The minimum Gasteiger partial charge on any atom is -0.481 e. The van der Waals surface area contributed by atoms with E-state index in [0.29, 0.717) is 31.8 Å². The first-order valence-electron chi connectivity index (χ1n) is 13.1. The van der Waals surface area contributed by atoms with E-state index < -0.39 is 22.7 Å². The number of carbonyl (C=O) groups excluding carboxylic acids is 2. The second-order valence-electron chi connectivity index (χ2n) is 12.5. The number of carbonyl (C=O) groups is 2. The van der Waals surface area contributed by atoms with Gasteiger partial charge < -0.3 is 24.1 Å². The molecule has 2 heterocycles. The van der Waals surface area contributed by atoms with Crippen molar-refractivity contribution in [2.75, 3.05) is 13.1 Å². The third kappa shape index (κ3) is 8.07. The number of rotatable bonds is 6. The van der Waals surface area contributed by atoms with Crippen molar-refractivity contribution in [3.05, 3.63) is 57.8 Å². The molecule has 1 N–H and O–H groups in total. The van der Waals surface area contributed by atoms with Crippen LogP contribution in [0.15, 0.2) is 35.1 Å². The third-order valence-electron chi connectivity index (χ3n) is 6.29. The average Bonchev–Trinajstić information content (AvgIpc) is 2.77. The minimum absolute atomic E-state index is 0.104. The fraction of sp³-hybridized carbons (Fsp3) is 0.586. The van der Waals surface area contributed by atoms with Crippen LogP contribution in [0.25, 0.3) is 0 Å². The maximum absolute atomic E-state index is 13.1. The number of aromatic nitrogens is 2. The van der Waals surface area contributed by atoms with Gasteiger partial charge in [-0.25, -0.2) is 14.6 Å². The van der Waals surface area contributed by atoms with Crippen LogP contribution in [0.3, 0.4) is 0 Å². The molecule has 1 fully saturated rings. The van der Waals surface area contributed by atoms with Gasteiger partial charge in [0.1, 0.15) is 23.6 Å². The van der Waals surface area contributed by atoms with E-state index >= 15 is 0 Å². The summed E-state index contributed by atoms with van der Waals surface area (Å²) < 4.78 is 16.9. The van der Waals surface area contributed by atoms with Gasteiger partial charge in [-0.3, -0.25) is 4.79 Å². The number of piperidine rings is 1. The molecule has 208 valence electrons. The third-order valence-corrected chi connectivity index (χ3v) is 6.29. The maximum atomic E-state index is 13.1. The number of H-pyrrole nitrogens is 1. The molecule has 9 heteroatoms. The van der Waals surface area contributed by atoms with Crippen LogP contribution in [0.1, 0.15) is 83.7 Å². The number of likely N-dealkylation sites (tertiary alicyclic amines) is 1. The lowest BCUT2D eigenvalue weighted by Gasteiger charge is -2.44. The first-order valence-corrected chi connectivity index (χ1v) is 13.1. The Balaban J connectivity index is 1.84. The zero-order chi connectivity index (χ0) is 28.3. The summed E-state index contributed by atoms with van der Waals surface area (Å²) in [4.78, 5) is 47.9. The summed E-state index contributed by atoms with van der Waals surface area (Å²) in [5.74, 6) is -0.392. The molecule has 1 amide bonds. The van der Waals surface area contributed by atoms with Crippen LogP contribution in [-0.4, -0.2) is 51.2 Å². The minimum atomic E-state index is -0.769. The highest BCUT2D eigenvalue weighted by Gasteiger charge is 2.39. The van der Waals surface area contributed by atoms with E-state index in [4.69, 9.17) is 14.2 Å². The van der Waals surface area contributed by atoms with Crippen LogP contribution in [0.2, 0.25) is 0 Å². The van der Waals surface area contributed by atoms with Crippen molar-refractivity contribution in [1.29, 1.82) is 0 Å². The van der Waals surface area contributed by atoms with Crippen LogP contribution < -0.4 is 10.3 Å². The summed E-state index contributed by atoms with van der Waals surface area (Å²) in [7, 11) is 0. The summed E-state index contributed by atoms with van der Waals surface area (Å²) in [5.41, 5.74) is -1.43. The molecule has 1 unspecified atom stereocenters. The Morgan fingerprint density at radius 3 is 2.26 bits per heavy atom. The van der Waals surface area contributed by atoms with Crippen LogP contribution in [-0.2, 0) is 22.5 Å². The Hall–Kier alpha value is -3.36. The Labute approximate surface area is 224 Å². The second-order valence-corrected chi connectivity index (χ2v) is 12.5. The fourth-order valence-corrected chi connectivity index (χ4v) is 4.43. The molecule has 9 nitrogen and oxygen atoms in total. The standard InChI is InChI=1S/C29H41N3O6/c1-27(2,3)37-25(34)22-23(36-17-19-12-10-9-11-13-19)24(33)31-21(30-22)16-20-14-15-32(18-29(20,7)8)26(35)38-28(4,5)6/h9-13,20H,14-18H2,1-8H3,(H,30,31,33). The summed E-state index contributed by atoms with van der Waals surface area (Å²) >= 11 is 0. The first-order chi connectivity index (χ1) is 17.5. The van der Waals surface area contributed by atoms with Crippen molar-refractivity contribution in [1.82, 2.24) is 14.9 Å². The number of hydrogen-bond acceptors (Lipinski definition) is 7. The highest BCUT2D eigenvalue weighted by Crippen LogP contribution is 2.37. The lowest BCUT2D eigenvalue weighted by atomic mass is 9.72. The molecule has 1 aromatic carbocycles. The highest BCUT2D eigenvalue weighted by atomic mass is 16.6. The molecule has 2 aromatic rings. The molecular formula is C29H41N3O6. The zero-order valence-electron chi connectivity index (χ0n) is 23.8. The number of nitrogens with one attached hydrogen (secondary N) is 1. The van der Waals surface area contributed by atoms with Crippen molar-refractivity contribution >= 4 is 12.1 Å². The van der Waals surface area contributed by atoms with E-state index in [9.17, 15) is 14.4 Å². The van der Waals surface area contributed by atoms with E-state index in [1.165, 1.54) is 0 Å². The summed E-state index contributed by atoms with van der Waals surface area (Å²) in [6, 6.07) is 9.37. The summed E-state index contributed by atoms with van der Waals surface area (Å²) in [6.07, 6.45) is 0.797. The van der Waals surface area contributed by atoms with E-state index in [-0.39, 0.29) is 35.5 Å². The van der Waals surface area contributed by atoms with E-state index in [1.54, 1.807) is 25.7 Å². The predicted molar refractivity (Wildman–Crippen MR) is 144 cm³/mol. The van der Waals surface area contributed by atoms with Gasteiger partial charge in [-0.15, -0.1) is 0 Å². The zero-order valence-corrected chi connectivity index (χ0v) is 23.8. The average molecular weight is 528 g/mol. The number of benzene rings is 1. The van der Waals surface area contributed by atoms with Gasteiger partial charge in [0, 0.05) is 19.5 Å². The number of nitrogens with zero attached hydrogens (tertiary/aromatic N) is 2. The number of hydrogen-bond donors (Lipinski definition) is 1. The number of aromatic amines is 1. The van der Waals surface area contributed by atoms with Crippen LogP contribution in [0, 0.1) is 11.3 Å². The van der Waals surface area contributed by atoms with Crippen molar-refractivity contribution in [3.8, 4) is 5.75 Å². The predicted octanol–water partition coefficient (Wildman–Crippen LogP) is 5.13. The van der Waals surface area contributed by atoms with Crippen molar-refractivity contribution in [3.63, 3.8) is 0 Å². The molecule has 38 heavy (non-hydrogen) atoms. The quantitative estimate of drug-likeness (QED) is 0.519. The summed E-state index contributed by atoms with van der Waals surface area (Å²) in [5, 5.41) is 0. The van der Waals surface area contributed by atoms with E-state index in [0.717, 1.165) is 5.56 Å². The number of amides is 1. The van der Waals surface area contributed by atoms with Crippen LogP contribution in [0.5, 0.6) is 5.75 Å². The SMILES string of the molecule is CC(C)(C)OC(=O)c1nc(CC2CCN(C(=O)OC(C)(C)C)CC2(C)C)[nH]c(=O)c1OCc1ccccc1. The summed E-state index contributed by atoms with van der Waals surface area (Å²) in [6.45, 7) is 16.1. The Kier molecular flexibility index (Phi) is 8.58. The van der Waals surface area contributed by atoms with Crippen LogP contribution >= 0.6 is 0 Å².